The zero-order valence-corrected chi connectivity index (χ0v) is 24.8. The van der Waals surface area contributed by atoms with Gasteiger partial charge in [-0.15, -0.1) is 0 Å². The molecule has 0 bridgehead atoms. The predicted octanol–water partition coefficient (Wildman–Crippen LogP) is 4.34. The summed E-state index contributed by atoms with van der Waals surface area (Å²) in [5.74, 6) is -0.130. The molecule has 1 aromatic heterocycles. The molecule has 0 fully saturated rings. The zero-order valence-electron chi connectivity index (χ0n) is 24.8. The number of aromatic hydroxyl groups is 1. The number of aliphatic hydroxyl groups is 1. The predicted molar refractivity (Wildman–Crippen MR) is 168 cm³/mol. The molecule has 4 aromatic rings. The Hall–Kier alpha value is -4.18. The number of fused-ring (bicyclic) bond motifs is 1. The number of carbonyl (C=O) groups is 1. The molecule has 0 spiro atoms. The number of benzene rings is 3. The molecule has 0 radical (unpaired) electrons. The van der Waals surface area contributed by atoms with Crippen LogP contribution >= 0.6 is 0 Å². The molecule has 4 N–H and O–H groups in total. The van der Waals surface area contributed by atoms with Crippen molar-refractivity contribution in [3.8, 4) is 11.5 Å². The minimum Gasteiger partial charge on any atom is -0.506 e. The van der Waals surface area contributed by atoms with E-state index in [1.54, 1.807) is 12.1 Å². The molecule has 4 rings (SSSR count). The van der Waals surface area contributed by atoms with E-state index in [4.69, 9.17) is 9.47 Å². The lowest BCUT2D eigenvalue weighted by Crippen LogP contribution is -2.23. The lowest BCUT2D eigenvalue weighted by atomic mass is 9.91. The van der Waals surface area contributed by atoms with Crippen molar-refractivity contribution in [2.75, 3.05) is 46.9 Å². The van der Waals surface area contributed by atoms with Crippen molar-refractivity contribution in [1.29, 1.82) is 0 Å². The number of hydrogen-bond donors (Lipinski definition) is 4. The highest BCUT2D eigenvalue weighted by Crippen LogP contribution is 2.30. The molecule has 0 aliphatic heterocycles. The Morgan fingerprint density at radius 1 is 0.930 bits per heavy atom. The fraction of sp³-hybridized carbons (Fsp3) is 0.353. The Balaban J connectivity index is 1.22. The molecule has 9 heteroatoms. The number of unbranched alkanes of at least 4 members (excludes halogenated alkanes) is 2. The summed E-state index contributed by atoms with van der Waals surface area (Å²) in [6, 6.07) is 23.4. The SMILES string of the molecule is CN(C)CCOC(=O)C(c1ccccc1)c1cccc(OCCCCCNCC(O)c2ccc(O)c3[nH]c(=O)ccc23)c1. The van der Waals surface area contributed by atoms with Crippen LogP contribution in [0.1, 0.15) is 48.0 Å². The van der Waals surface area contributed by atoms with Crippen LogP contribution in [0.15, 0.2) is 83.7 Å². The Morgan fingerprint density at radius 3 is 2.51 bits per heavy atom. The highest BCUT2D eigenvalue weighted by molar-refractivity contribution is 5.87. The van der Waals surface area contributed by atoms with Gasteiger partial charge in [0.2, 0.25) is 5.56 Å². The maximum atomic E-state index is 13.1. The average molecular weight is 588 g/mol. The molecule has 0 aliphatic rings. The van der Waals surface area contributed by atoms with E-state index in [1.165, 1.54) is 12.1 Å². The molecule has 0 saturated heterocycles. The summed E-state index contributed by atoms with van der Waals surface area (Å²) in [6.07, 6.45) is 1.93. The van der Waals surface area contributed by atoms with Gasteiger partial charge in [0, 0.05) is 24.5 Å². The molecule has 3 aromatic carbocycles. The number of ether oxygens (including phenoxy) is 2. The molecular formula is C34H41N3O6. The lowest BCUT2D eigenvalue weighted by molar-refractivity contribution is -0.144. The van der Waals surface area contributed by atoms with E-state index in [9.17, 15) is 19.8 Å². The van der Waals surface area contributed by atoms with Crippen molar-refractivity contribution >= 4 is 16.9 Å². The quantitative estimate of drug-likeness (QED) is 0.113. The van der Waals surface area contributed by atoms with Crippen molar-refractivity contribution in [3.05, 3.63) is 106 Å². The number of rotatable bonds is 16. The molecule has 0 aliphatic carbocycles. The summed E-state index contributed by atoms with van der Waals surface area (Å²) in [5, 5.41) is 24.6. The third kappa shape index (κ3) is 9.15. The number of esters is 1. The Kier molecular flexibility index (Phi) is 11.7. The number of aromatic amines is 1. The van der Waals surface area contributed by atoms with Crippen LogP contribution < -0.4 is 15.6 Å². The van der Waals surface area contributed by atoms with Gasteiger partial charge in [0.15, 0.2) is 0 Å². The van der Waals surface area contributed by atoms with Crippen LogP contribution in [-0.2, 0) is 9.53 Å². The topological polar surface area (TPSA) is 124 Å². The van der Waals surface area contributed by atoms with E-state index in [0.717, 1.165) is 36.9 Å². The summed E-state index contributed by atoms with van der Waals surface area (Å²) < 4.78 is 11.6. The standard InChI is InChI=1S/C34H41N3O6/c1-37(2)19-21-43-34(41)32(24-10-5-3-6-11-24)25-12-9-13-26(22-25)42-20-8-4-7-18-35-23-30(39)27-14-16-29(38)33-28(27)15-17-31(40)36-33/h3,5-6,9-17,22,30,32,35,38-39H,4,7-8,18-21,23H2,1-2H3,(H,36,40). The number of nitrogens with zero attached hydrogens (tertiary/aromatic N) is 1. The molecule has 0 amide bonds. The number of aromatic nitrogens is 1. The first-order valence-electron chi connectivity index (χ1n) is 14.7. The van der Waals surface area contributed by atoms with E-state index >= 15 is 0 Å². The summed E-state index contributed by atoms with van der Waals surface area (Å²) in [6.45, 7) is 2.61. The van der Waals surface area contributed by atoms with Crippen molar-refractivity contribution in [2.24, 2.45) is 0 Å². The van der Waals surface area contributed by atoms with E-state index in [-0.39, 0.29) is 17.3 Å². The highest BCUT2D eigenvalue weighted by Gasteiger charge is 2.25. The van der Waals surface area contributed by atoms with Crippen LogP contribution in [0.2, 0.25) is 0 Å². The number of phenols is 1. The molecular weight excluding hydrogens is 546 g/mol. The van der Waals surface area contributed by atoms with Gasteiger partial charge in [0.05, 0.1) is 18.2 Å². The van der Waals surface area contributed by atoms with Gasteiger partial charge >= 0.3 is 5.97 Å². The lowest BCUT2D eigenvalue weighted by Gasteiger charge is -2.19. The first kappa shape index (κ1) is 31.7. The number of pyridine rings is 1. The Bertz CT molecular complexity index is 1520. The Labute approximate surface area is 252 Å². The van der Waals surface area contributed by atoms with Crippen LogP contribution in [-0.4, -0.2) is 73.0 Å². The van der Waals surface area contributed by atoms with Crippen LogP contribution in [0.25, 0.3) is 10.9 Å². The fourth-order valence-electron chi connectivity index (χ4n) is 4.92. The molecule has 2 unspecified atom stereocenters. The van der Waals surface area contributed by atoms with Crippen molar-refractivity contribution in [1.82, 2.24) is 15.2 Å². The highest BCUT2D eigenvalue weighted by atomic mass is 16.5. The maximum absolute atomic E-state index is 13.1. The average Bonchev–Trinajstić information content (AvgIpc) is 2.99. The number of phenolic OH excluding ortho intramolecular Hbond substituents is 1. The fourth-order valence-corrected chi connectivity index (χ4v) is 4.92. The third-order valence-corrected chi connectivity index (χ3v) is 7.21. The van der Waals surface area contributed by atoms with E-state index in [2.05, 4.69) is 10.3 Å². The number of hydrogen-bond acceptors (Lipinski definition) is 8. The summed E-state index contributed by atoms with van der Waals surface area (Å²) in [7, 11) is 3.88. The van der Waals surface area contributed by atoms with E-state index < -0.39 is 12.0 Å². The summed E-state index contributed by atoms with van der Waals surface area (Å²) in [4.78, 5) is 29.3. The number of aliphatic hydroxyl groups excluding tert-OH is 1. The second-order valence-corrected chi connectivity index (χ2v) is 10.8. The number of H-pyrrole nitrogens is 1. The Morgan fingerprint density at radius 2 is 1.72 bits per heavy atom. The van der Waals surface area contributed by atoms with Gasteiger partial charge in [-0.3, -0.25) is 9.59 Å². The first-order valence-corrected chi connectivity index (χ1v) is 14.7. The van der Waals surface area contributed by atoms with Gasteiger partial charge in [-0.25, -0.2) is 0 Å². The summed E-state index contributed by atoms with van der Waals surface area (Å²) in [5.41, 5.74) is 2.36. The molecule has 9 nitrogen and oxygen atoms in total. The molecule has 228 valence electrons. The van der Waals surface area contributed by atoms with Gasteiger partial charge in [-0.05, 0) is 80.9 Å². The van der Waals surface area contributed by atoms with E-state index in [0.29, 0.717) is 48.5 Å². The monoisotopic (exact) mass is 587 g/mol. The second-order valence-electron chi connectivity index (χ2n) is 10.8. The maximum Gasteiger partial charge on any atom is 0.317 e. The zero-order chi connectivity index (χ0) is 30.6. The van der Waals surface area contributed by atoms with E-state index in [1.807, 2.05) is 73.6 Å². The van der Waals surface area contributed by atoms with Crippen molar-refractivity contribution < 1.29 is 24.5 Å². The van der Waals surface area contributed by atoms with Crippen molar-refractivity contribution in [3.63, 3.8) is 0 Å². The molecule has 0 saturated carbocycles. The van der Waals surface area contributed by atoms with Gasteiger partial charge in [-0.2, -0.15) is 0 Å². The van der Waals surface area contributed by atoms with Crippen LogP contribution in [0.4, 0.5) is 0 Å². The molecule has 43 heavy (non-hydrogen) atoms. The minimum atomic E-state index is -0.783. The number of nitrogens with one attached hydrogen (secondary N) is 2. The number of carbonyl (C=O) groups excluding carboxylic acids is 1. The molecule has 2 atom stereocenters. The first-order chi connectivity index (χ1) is 20.8. The smallest absolute Gasteiger partial charge is 0.317 e. The summed E-state index contributed by atoms with van der Waals surface area (Å²) >= 11 is 0. The number of likely N-dealkylation sites (N-methyl/N-ethyl adjacent to an activating group) is 1. The van der Waals surface area contributed by atoms with Gasteiger partial charge in [0.25, 0.3) is 0 Å². The van der Waals surface area contributed by atoms with Crippen molar-refractivity contribution in [2.45, 2.75) is 31.3 Å². The van der Waals surface area contributed by atoms with Crippen LogP contribution in [0.3, 0.4) is 0 Å². The van der Waals surface area contributed by atoms with Gasteiger partial charge < -0.3 is 34.9 Å². The van der Waals surface area contributed by atoms with Gasteiger partial charge in [-0.1, -0.05) is 48.5 Å². The minimum absolute atomic E-state index is 0.0281. The van der Waals surface area contributed by atoms with Crippen LogP contribution in [0, 0.1) is 0 Å². The second kappa shape index (κ2) is 15.9. The van der Waals surface area contributed by atoms with Gasteiger partial charge in [0.1, 0.15) is 24.0 Å². The van der Waals surface area contributed by atoms with Crippen LogP contribution in [0.5, 0.6) is 11.5 Å². The largest absolute Gasteiger partial charge is 0.506 e. The molecule has 1 heterocycles. The normalized spacial score (nSPS) is 12.7. The third-order valence-electron chi connectivity index (χ3n) is 7.21.